The van der Waals surface area contributed by atoms with E-state index in [1.54, 1.807) is 6.07 Å². The first kappa shape index (κ1) is 42.1. The molecule has 0 aliphatic heterocycles. The van der Waals surface area contributed by atoms with E-state index < -0.39 is 46.4 Å². The number of rotatable bonds is 9. The molecule has 0 spiro atoms. The van der Waals surface area contributed by atoms with Crippen molar-refractivity contribution >= 4 is 87.2 Å². The predicted octanol–water partition coefficient (Wildman–Crippen LogP) is 7.65. The summed E-state index contributed by atoms with van der Waals surface area (Å²) in [5, 5.41) is 62.2. The second-order valence-electron chi connectivity index (χ2n) is 11.1. The number of nitrogens with one attached hydrogen (secondary N) is 3. The summed E-state index contributed by atoms with van der Waals surface area (Å²) in [6.45, 7) is 0. The minimum Gasteiger partial charge on any atom is -0.871 e. The molecule has 0 aliphatic carbocycles. The van der Waals surface area contributed by atoms with E-state index in [0.717, 1.165) is 42.5 Å². The minimum absolute atomic E-state index is 0. The Bertz CT molecular complexity index is 2820. The van der Waals surface area contributed by atoms with Crippen LogP contribution in [-0.2, 0) is 36.9 Å². The molecule has 0 aliphatic rings. The summed E-state index contributed by atoms with van der Waals surface area (Å²) in [5.41, 5.74) is 15.1. The van der Waals surface area contributed by atoms with Gasteiger partial charge in [0.2, 0.25) is 10.0 Å². The normalized spacial score (nSPS) is 11.7. The Labute approximate surface area is 326 Å². The summed E-state index contributed by atoms with van der Waals surface area (Å²) in [6.07, 6.45) is 0. The maximum Gasteiger partial charge on any atom is 3.00 e. The molecular formula is C33H22CoN9O11S2-2. The summed E-state index contributed by atoms with van der Waals surface area (Å²) < 4.78 is 59.5. The van der Waals surface area contributed by atoms with Gasteiger partial charge in [0, 0.05) is 35.0 Å². The molecule has 3 N–H and O–H groups in total. The second-order valence-corrected chi connectivity index (χ2v) is 14.3. The quantitative estimate of drug-likeness (QED) is 0.0637. The summed E-state index contributed by atoms with van der Waals surface area (Å²) in [7, 11) is -6.97. The topological polar surface area (TPSA) is 333 Å². The van der Waals surface area contributed by atoms with Gasteiger partial charge in [-0.1, -0.05) is 47.9 Å². The first-order valence-electron chi connectivity index (χ1n) is 15.1. The van der Waals surface area contributed by atoms with Crippen LogP contribution in [-0.4, -0.2) is 38.3 Å². The van der Waals surface area contributed by atoms with Gasteiger partial charge in [0.25, 0.3) is 11.4 Å². The SMILES string of the molecule is CNS(=O)(=O)c1ccc2c(N=Nc3ccc([N+](=O)[O-])cc3[O-])c([NH-])ccc2c1.[Co+3].[NH-]c1ccc2cc(S(=O)(=O)[O-])ccc2c1N=Nc1ccc([N+](=O)[O-])cc1[O-]. The Morgan fingerprint density at radius 3 is 1.38 bits per heavy atom. The molecule has 56 heavy (non-hydrogen) atoms. The van der Waals surface area contributed by atoms with E-state index in [2.05, 4.69) is 25.2 Å². The molecule has 0 radical (unpaired) electrons. The molecular weight excluding hydrogens is 821 g/mol. The van der Waals surface area contributed by atoms with Gasteiger partial charge in [-0.05, 0) is 54.2 Å². The van der Waals surface area contributed by atoms with Crippen molar-refractivity contribution in [2.24, 2.45) is 20.5 Å². The fraction of sp³-hybridized carbons (Fsp3) is 0.0303. The summed E-state index contributed by atoms with van der Waals surface area (Å²) in [4.78, 5) is 19.6. The predicted molar refractivity (Wildman–Crippen MR) is 194 cm³/mol. The van der Waals surface area contributed by atoms with E-state index in [4.69, 9.17) is 11.5 Å². The number of benzene rings is 6. The van der Waals surface area contributed by atoms with Crippen LogP contribution in [0.25, 0.3) is 33.0 Å². The number of hydrogen-bond donors (Lipinski definition) is 1. The van der Waals surface area contributed by atoms with Crippen molar-refractivity contribution < 1.29 is 58.2 Å². The zero-order valence-electron chi connectivity index (χ0n) is 28.1. The molecule has 0 amide bonds. The molecule has 0 saturated heterocycles. The standard InChI is InChI=1S/C17H14N5O5S.C16H11N4O6S.Co/c1-19-28(26,27)12-4-5-13-10(8-12)2-6-14(18)17(13)21-20-15-7-3-11(22(24)25)9-16(15)23;17-13-5-1-9-7-11(27(24,25)26)3-4-12(9)16(13)19-18-14-6-2-10(20(22)23)8-15(14)21;/h2-9,19H,1H3,(H2-,18,20,21,23);1-8H,(H3-,17,18,19,21,24,25,26);/q2*-1;+3/p-3. The Morgan fingerprint density at radius 2 is 1.00 bits per heavy atom. The van der Waals surface area contributed by atoms with Crippen molar-refractivity contribution in [1.82, 2.24) is 4.72 Å². The number of nitro groups is 2. The second kappa shape index (κ2) is 16.8. The van der Waals surface area contributed by atoms with Crippen LogP contribution < -0.4 is 14.9 Å². The van der Waals surface area contributed by atoms with Crippen LogP contribution in [0.4, 0.5) is 45.5 Å². The molecule has 0 heterocycles. The van der Waals surface area contributed by atoms with Crippen molar-refractivity contribution in [3.8, 4) is 11.5 Å². The van der Waals surface area contributed by atoms with Crippen molar-refractivity contribution in [3.05, 3.63) is 129 Å². The molecule has 6 aromatic rings. The Morgan fingerprint density at radius 1 is 0.589 bits per heavy atom. The smallest absolute Gasteiger partial charge is 0.871 e. The van der Waals surface area contributed by atoms with E-state index in [1.165, 1.54) is 55.6 Å². The molecule has 6 aromatic carbocycles. The van der Waals surface area contributed by atoms with Gasteiger partial charge in [-0.2, -0.15) is 20.5 Å². The molecule has 6 rings (SSSR count). The van der Waals surface area contributed by atoms with Gasteiger partial charge >= 0.3 is 16.8 Å². The van der Waals surface area contributed by atoms with Crippen LogP contribution in [0.5, 0.6) is 11.5 Å². The van der Waals surface area contributed by atoms with Crippen molar-refractivity contribution in [1.29, 1.82) is 0 Å². The summed E-state index contributed by atoms with van der Waals surface area (Å²) in [5.74, 6) is -1.38. The van der Waals surface area contributed by atoms with Gasteiger partial charge in [0.15, 0.2) is 0 Å². The van der Waals surface area contributed by atoms with Crippen LogP contribution in [0.2, 0.25) is 0 Å². The van der Waals surface area contributed by atoms with Gasteiger partial charge in [-0.15, -0.1) is 11.4 Å². The van der Waals surface area contributed by atoms with Gasteiger partial charge in [-0.3, -0.25) is 20.2 Å². The number of sulfonamides is 1. The number of nitrogens with zero attached hydrogens (tertiary/aromatic N) is 6. The van der Waals surface area contributed by atoms with Crippen LogP contribution in [0.1, 0.15) is 0 Å². The molecule has 0 aromatic heterocycles. The number of nitro benzene ring substituents is 2. The van der Waals surface area contributed by atoms with Crippen LogP contribution in [0, 0.1) is 20.2 Å². The Hall–Kier alpha value is -6.63. The Kier molecular flexibility index (Phi) is 12.6. The van der Waals surface area contributed by atoms with Crippen molar-refractivity contribution in [3.63, 3.8) is 0 Å². The first-order chi connectivity index (χ1) is 25.9. The number of hydrogen-bond acceptors (Lipinski definition) is 15. The average Bonchev–Trinajstić information content (AvgIpc) is 3.14. The monoisotopic (exact) mass is 843 g/mol. The van der Waals surface area contributed by atoms with E-state index in [0.29, 0.717) is 21.5 Å². The van der Waals surface area contributed by atoms with Crippen molar-refractivity contribution in [2.45, 2.75) is 9.79 Å². The number of fused-ring (bicyclic) bond motifs is 2. The van der Waals surface area contributed by atoms with Crippen LogP contribution >= 0.6 is 0 Å². The van der Waals surface area contributed by atoms with E-state index in [-0.39, 0.29) is 67.2 Å². The largest absolute Gasteiger partial charge is 3.00 e. The third-order valence-corrected chi connectivity index (χ3v) is 9.86. The van der Waals surface area contributed by atoms with Crippen molar-refractivity contribution in [2.75, 3.05) is 7.05 Å². The third kappa shape index (κ3) is 9.35. The van der Waals surface area contributed by atoms with E-state index in [1.807, 2.05) is 0 Å². The maximum absolute atomic E-state index is 11.9. The van der Waals surface area contributed by atoms with E-state index in [9.17, 15) is 51.8 Å². The van der Waals surface area contributed by atoms with Gasteiger partial charge < -0.3 is 26.2 Å². The zero-order chi connectivity index (χ0) is 40.2. The molecule has 20 nitrogen and oxygen atoms in total. The van der Waals surface area contributed by atoms with Gasteiger partial charge in [0.05, 0.1) is 42.4 Å². The summed E-state index contributed by atoms with van der Waals surface area (Å²) >= 11 is 0. The summed E-state index contributed by atoms with van der Waals surface area (Å²) in [6, 6.07) is 19.9. The third-order valence-electron chi connectivity index (χ3n) is 7.62. The minimum atomic E-state index is -4.64. The molecule has 0 fully saturated rings. The van der Waals surface area contributed by atoms with Gasteiger partial charge in [-0.25, -0.2) is 21.6 Å². The molecule has 0 bridgehead atoms. The average molecular weight is 844 g/mol. The zero-order valence-corrected chi connectivity index (χ0v) is 30.7. The Balaban J connectivity index is 0.000000244. The molecule has 0 atom stereocenters. The van der Waals surface area contributed by atoms with Crippen LogP contribution in [0.3, 0.4) is 0 Å². The maximum atomic E-state index is 11.9. The van der Waals surface area contributed by atoms with Gasteiger partial charge in [0.1, 0.15) is 10.1 Å². The van der Waals surface area contributed by atoms with E-state index >= 15 is 0 Å². The molecule has 0 unspecified atom stereocenters. The fourth-order valence-electron chi connectivity index (χ4n) is 4.84. The molecule has 0 saturated carbocycles. The number of non-ortho nitro benzene ring substituents is 2. The molecule has 288 valence electrons. The number of azo groups is 2. The first-order valence-corrected chi connectivity index (χ1v) is 18.0. The fourth-order valence-corrected chi connectivity index (χ4v) is 6.12. The van der Waals surface area contributed by atoms with Crippen LogP contribution in [0.15, 0.2) is 127 Å². The molecule has 23 heteroatoms.